The molecule has 2 saturated carbocycles. The number of hydrogen-bond acceptors (Lipinski definition) is 5. The predicted octanol–water partition coefficient (Wildman–Crippen LogP) is -0.996. The Kier molecular flexibility index (Phi) is 4.08. The Balaban J connectivity index is 1.76. The standard InChI is InChI=1S/C13H22N2O5S/c16-7-10-6-15(21(19,20)14-10)12-4-8-1-2-11(17)3-9(8)5-13(12)18/h7-14,17-18H,1-6H2. The Morgan fingerprint density at radius 2 is 1.86 bits per heavy atom. The third-order valence-corrected chi connectivity index (χ3v) is 6.80. The van der Waals surface area contributed by atoms with E-state index in [4.69, 9.17) is 0 Å². The van der Waals surface area contributed by atoms with Gasteiger partial charge in [0.05, 0.1) is 24.3 Å². The molecule has 8 heteroatoms. The summed E-state index contributed by atoms with van der Waals surface area (Å²) in [5, 5.41) is 20.1. The molecule has 3 fully saturated rings. The quantitative estimate of drug-likeness (QED) is 0.567. The number of nitrogens with zero attached hydrogens (tertiary/aromatic N) is 1. The summed E-state index contributed by atoms with van der Waals surface area (Å²) in [7, 11) is -3.69. The van der Waals surface area contributed by atoms with Crippen molar-refractivity contribution in [1.82, 2.24) is 9.03 Å². The average Bonchev–Trinajstić information content (AvgIpc) is 2.73. The van der Waals surface area contributed by atoms with E-state index >= 15 is 0 Å². The van der Waals surface area contributed by atoms with Crippen LogP contribution in [0.5, 0.6) is 0 Å². The van der Waals surface area contributed by atoms with Gasteiger partial charge in [-0.05, 0) is 43.9 Å². The second-order valence-corrected chi connectivity index (χ2v) is 8.18. The van der Waals surface area contributed by atoms with E-state index in [9.17, 15) is 23.4 Å². The maximum absolute atomic E-state index is 12.1. The number of fused-ring (bicyclic) bond motifs is 1. The van der Waals surface area contributed by atoms with Gasteiger partial charge < -0.3 is 15.0 Å². The lowest BCUT2D eigenvalue weighted by atomic mass is 9.67. The fourth-order valence-corrected chi connectivity index (χ4v) is 5.71. The van der Waals surface area contributed by atoms with E-state index in [-0.39, 0.29) is 18.6 Å². The lowest BCUT2D eigenvalue weighted by molar-refractivity contribution is -0.109. The fourth-order valence-electron chi connectivity index (χ4n) is 4.12. The minimum atomic E-state index is -3.69. The van der Waals surface area contributed by atoms with Gasteiger partial charge in [0.2, 0.25) is 0 Å². The van der Waals surface area contributed by atoms with Gasteiger partial charge in [-0.15, -0.1) is 0 Å². The van der Waals surface area contributed by atoms with Crippen LogP contribution < -0.4 is 4.72 Å². The van der Waals surface area contributed by atoms with Gasteiger partial charge in [0, 0.05) is 6.54 Å². The Labute approximate surface area is 124 Å². The van der Waals surface area contributed by atoms with Crippen LogP contribution >= 0.6 is 0 Å². The highest BCUT2D eigenvalue weighted by Crippen LogP contribution is 2.42. The smallest absolute Gasteiger partial charge is 0.280 e. The van der Waals surface area contributed by atoms with Crippen LogP contribution in [0.3, 0.4) is 0 Å². The monoisotopic (exact) mass is 318 g/mol. The van der Waals surface area contributed by atoms with Crippen LogP contribution in [0.15, 0.2) is 0 Å². The Morgan fingerprint density at radius 1 is 1.10 bits per heavy atom. The summed E-state index contributed by atoms with van der Waals surface area (Å²) >= 11 is 0. The van der Waals surface area contributed by atoms with Crippen molar-refractivity contribution in [1.29, 1.82) is 0 Å². The SMILES string of the molecule is O=CC1CN(C2CC3CCC(O)CC3CC2O)S(=O)(=O)N1. The van der Waals surface area contributed by atoms with Crippen molar-refractivity contribution < 1.29 is 23.4 Å². The molecule has 7 nitrogen and oxygen atoms in total. The maximum Gasteiger partial charge on any atom is 0.280 e. The molecule has 3 N–H and O–H groups in total. The minimum absolute atomic E-state index is 0.0908. The number of carbonyl (C=O) groups is 1. The van der Waals surface area contributed by atoms with Crippen LogP contribution in [0.1, 0.15) is 32.1 Å². The average molecular weight is 318 g/mol. The third kappa shape index (κ3) is 2.87. The van der Waals surface area contributed by atoms with Crippen molar-refractivity contribution in [3.8, 4) is 0 Å². The number of aldehydes is 1. The van der Waals surface area contributed by atoms with E-state index in [1.807, 2.05) is 0 Å². The first-order valence-electron chi connectivity index (χ1n) is 7.51. The number of aliphatic hydroxyl groups is 2. The van der Waals surface area contributed by atoms with Gasteiger partial charge in [0.15, 0.2) is 0 Å². The molecule has 0 aromatic carbocycles. The first-order valence-corrected chi connectivity index (χ1v) is 8.95. The van der Waals surface area contributed by atoms with Crippen LogP contribution in [0, 0.1) is 11.8 Å². The molecule has 3 rings (SSSR count). The molecule has 0 radical (unpaired) electrons. The molecule has 21 heavy (non-hydrogen) atoms. The summed E-state index contributed by atoms with van der Waals surface area (Å²) < 4.78 is 27.7. The lowest BCUT2D eigenvalue weighted by Gasteiger charge is -2.45. The topological polar surface area (TPSA) is 107 Å². The van der Waals surface area contributed by atoms with Crippen LogP contribution in [-0.4, -0.2) is 60.1 Å². The Morgan fingerprint density at radius 3 is 2.52 bits per heavy atom. The molecule has 0 aromatic heterocycles. The summed E-state index contributed by atoms with van der Waals surface area (Å²) in [5.74, 6) is 0.604. The van der Waals surface area contributed by atoms with Crippen LogP contribution in [0.25, 0.3) is 0 Å². The van der Waals surface area contributed by atoms with Gasteiger partial charge in [-0.25, -0.2) is 0 Å². The summed E-state index contributed by atoms with van der Waals surface area (Å²) in [4.78, 5) is 10.8. The van der Waals surface area contributed by atoms with Crippen molar-refractivity contribution in [3.63, 3.8) is 0 Å². The molecule has 3 aliphatic rings. The third-order valence-electron chi connectivity index (χ3n) is 5.16. The molecule has 120 valence electrons. The molecule has 0 spiro atoms. The second kappa shape index (κ2) is 5.58. The number of nitrogens with one attached hydrogen (secondary N) is 1. The molecular weight excluding hydrogens is 296 g/mol. The van der Waals surface area contributed by atoms with Gasteiger partial charge in [0.1, 0.15) is 6.29 Å². The maximum atomic E-state index is 12.1. The van der Waals surface area contributed by atoms with Gasteiger partial charge in [0.25, 0.3) is 10.2 Å². The van der Waals surface area contributed by atoms with Crippen molar-refractivity contribution in [2.24, 2.45) is 11.8 Å². The number of carbonyl (C=O) groups excluding carboxylic acids is 1. The molecule has 0 aromatic rings. The van der Waals surface area contributed by atoms with E-state index in [0.717, 1.165) is 12.8 Å². The highest BCUT2D eigenvalue weighted by Gasteiger charge is 2.47. The first kappa shape index (κ1) is 15.4. The first-order chi connectivity index (χ1) is 9.90. The zero-order chi connectivity index (χ0) is 15.2. The summed E-state index contributed by atoms with van der Waals surface area (Å²) in [6.07, 6.45) is 2.97. The molecule has 1 heterocycles. The van der Waals surface area contributed by atoms with Gasteiger partial charge in [-0.3, -0.25) is 0 Å². The fraction of sp³-hybridized carbons (Fsp3) is 0.923. The summed E-state index contributed by atoms with van der Waals surface area (Å²) in [6, 6.07) is -1.20. The van der Waals surface area contributed by atoms with Gasteiger partial charge in [-0.2, -0.15) is 17.4 Å². The lowest BCUT2D eigenvalue weighted by Crippen LogP contribution is -2.52. The number of hydrogen-bond donors (Lipinski definition) is 3. The Hall–Kier alpha value is -0.540. The van der Waals surface area contributed by atoms with Crippen molar-refractivity contribution in [3.05, 3.63) is 0 Å². The number of aliphatic hydroxyl groups excluding tert-OH is 2. The summed E-state index contributed by atoms with van der Waals surface area (Å²) in [5.41, 5.74) is 0. The van der Waals surface area contributed by atoms with E-state index < -0.39 is 28.4 Å². The zero-order valence-corrected chi connectivity index (χ0v) is 12.6. The van der Waals surface area contributed by atoms with Crippen molar-refractivity contribution >= 4 is 16.5 Å². The van der Waals surface area contributed by atoms with Crippen LogP contribution in [0.4, 0.5) is 0 Å². The molecule has 6 atom stereocenters. The molecular formula is C13H22N2O5S. The molecule has 2 aliphatic carbocycles. The molecule has 1 aliphatic heterocycles. The number of rotatable bonds is 2. The predicted molar refractivity (Wildman–Crippen MR) is 74.5 cm³/mol. The largest absolute Gasteiger partial charge is 0.393 e. The zero-order valence-electron chi connectivity index (χ0n) is 11.8. The molecule has 0 amide bonds. The van der Waals surface area contributed by atoms with E-state index in [1.165, 1.54) is 4.31 Å². The van der Waals surface area contributed by atoms with E-state index in [2.05, 4.69) is 4.72 Å². The normalized spacial score (nSPS) is 47.0. The van der Waals surface area contributed by atoms with Crippen molar-refractivity contribution in [2.75, 3.05) is 6.54 Å². The summed E-state index contributed by atoms with van der Waals surface area (Å²) in [6.45, 7) is 0.0908. The van der Waals surface area contributed by atoms with E-state index in [0.29, 0.717) is 31.5 Å². The second-order valence-electron chi connectivity index (χ2n) is 6.53. The van der Waals surface area contributed by atoms with E-state index in [1.54, 1.807) is 0 Å². The highest BCUT2D eigenvalue weighted by molar-refractivity contribution is 7.87. The molecule has 6 unspecified atom stereocenters. The van der Waals surface area contributed by atoms with Gasteiger partial charge >= 0.3 is 0 Å². The minimum Gasteiger partial charge on any atom is -0.393 e. The molecule has 0 bridgehead atoms. The van der Waals surface area contributed by atoms with Crippen LogP contribution in [-0.2, 0) is 15.0 Å². The van der Waals surface area contributed by atoms with Gasteiger partial charge in [-0.1, -0.05) is 0 Å². The Bertz CT molecular complexity index is 511. The van der Waals surface area contributed by atoms with Crippen LogP contribution in [0.2, 0.25) is 0 Å². The molecule has 1 saturated heterocycles. The highest BCUT2D eigenvalue weighted by atomic mass is 32.2. The van der Waals surface area contributed by atoms with Crippen molar-refractivity contribution in [2.45, 2.75) is 56.4 Å².